The molecule has 2 unspecified atom stereocenters. The molecule has 1 amide bonds. The van der Waals surface area contributed by atoms with Crippen LogP contribution in [0.2, 0.25) is 0 Å². The summed E-state index contributed by atoms with van der Waals surface area (Å²) in [6.07, 6.45) is -1.35. The van der Waals surface area contributed by atoms with Crippen LogP contribution < -0.4 is 5.73 Å². The average Bonchev–Trinajstić information content (AvgIpc) is 1.98. The number of phosphoric ester groups is 1. The molecule has 0 fully saturated rings. The predicted octanol–water partition coefficient (Wildman–Crippen LogP) is 1.36. The molecular weight excluding hydrogens is 333 g/mol. The van der Waals surface area contributed by atoms with E-state index in [4.69, 9.17) is 4.89 Å². The van der Waals surface area contributed by atoms with E-state index in [1.807, 2.05) is 0 Å². The summed E-state index contributed by atoms with van der Waals surface area (Å²) in [5.74, 6) is 0. The van der Waals surface area contributed by atoms with Crippen molar-refractivity contribution in [2.45, 2.75) is 4.83 Å². The molecule has 0 aliphatic heterocycles. The molecule has 0 aliphatic rings. The fourth-order valence-electron chi connectivity index (χ4n) is 0.360. The highest BCUT2D eigenvalue weighted by Crippen LogP contribution is 2.43. The van der Waals surface area contributed by atoms with Gasteiger partial charge in [-0.3, -0.25) is 9.42 Å². The fraction of sp³-hybridized carbons (Fsp3) is 0.750. The van der Waals surface area contributed by atoms with Gasteiger partial charge in [-0.25, -0.2) is 9.36 Å². The molecule has 0 aliphatic carbocycles. The molecule has 0 heterocycles. The van der Waals surface area contributed by atoms with Crippen molar-refractivity contribution in [1.29, 1.82) is 0 Å². The van der Waals surface area contributed by atoms with Gasteiger partial charge in [0, 0.05) is 10.2 Å². The Labute approximate surface area is 91.6 Å². The number of amides is 1. The first-order chi connectivity index (χ1) is 5.87. The second-order valence-corrected chi connectivity index (χ2v) is 5.25. The lowest BCUT2D eigenvalue weighted by Gasteiger charge is -2.11. The Morgan fingerprint density at radius 1 is 1.69 bits per heavy atom. The SMILES string of the molecule is NC(=O)OP(=O)(O)OCC(Br)CBr. The van der Waals surface area contributed by atoms with Crippen molar-refractivity contribution in [1.82, 2.24) is 0 Å². The van der Waals surface area contributed by atoms with Crippen LogP contribution in [0.1, 0.15) is 0 Å². The van der Waals surface area contributed by atoms with Gasteiger partial charge in [-0.2, -0.15) is 0 Å². The van der Waals surface area contributed by atoms with Gasteiger partial charge < -0.3 is 10.3 Å². The van der Waals surface area contributed by atoms with Crippen LogP contribution in [-0.2, 0) is 13.6 Å². The number of rotatable bonds is 5. The third-order valence-corrected chi connectivity index (χ3v) is 3.92. The summed E-state index contributed by atoms with van der Waals surface area (Å²) in [5, 5.41) is 0.531. The molecule has 6 nitrogen and oxygen atoms in total. The lowest BCUT2D eigenvalue weighted by Crippen LogP contribution is -2.15. The van der Waals surface area contributed by atoms with Gasteiger partial charge in [0.15, 0.2) is 0 Å². The maximum atomic E-state index is 10.8. The number of carbonyl (C=O) groups excluding carboxylic acids is 1. The fourth-order valence-corrected chi connectivity index (χ4v) is 1.53. The van der Waals surface area contributed by atoms with Gasteiger partial charge in [-0.15, -0.1) is 0 Å². The van der Waals surface area contributed by atoms with Crippen molar-refractivity contribution in [2.75, 3.05) is 11.9 Å². The van der Waals surface area contributed by atoms with Gasteiger partial charge in [0.2, 0.25) is 0 Å². The Bertz CT molecular complexity index is 225. The zero-order valence-electron chi connectivity index (χ0n) is 6.35. The first-order valence-corrected chi connectivity index (χ1v) is 6.57. The van der Waals surface area contributed by atoms with Crippen LogP contribution in [0.15, 0.2) is 0 Å². The Balaban J connectivity index is 3.89. The number of carbonyl (C=O) groups is 1. The number of phosphoric acid groups is 1. The Kier molecular flexibility index (Phi) is 6.15. The van der Waals surface area contributed by atoms with E-state index in [0.717, 1.165) is 0 Å². The quantitative estimate of drug-likeness (QED) is 0.581. The molecule has 0 rings (SSSR count). The van der Waals surface area contributed by atoms with Gasteiger partial charge in [-0.1, -0.05) is 31.9 Å². The Morgan fingerprint density at radius 2 is 2.23 bits per heavy atom. The van der Waals surface area contributed by atoms with Crippen LogP contribution in [0.25, 0.3) is 0 Å². The lowest BCUT2D eigenvalue weighted by atomic mass is 10.5. The minimum atomic E-state index is -4.34. The molecule has 0 spiro atoms. The van der Waals surface area contributed by atoms with Gasteiger partial charge in [0.05, 0.1) is 6.61 Å². The van der Waals surface area contributed by atoms with E-state index in [-0.39, 0.29) is 11.4 Å². The molecule has 13 heavy (non-hydrogen) atoms. The largest absolute Gasteiger partial charge is 0.530 e. The van der Waals surface area contributed by atoms with Crippen LogP contribution in [0, 0.1) is 0 Å². The zero-order chi connectivity index (χ0) is 10.5. The maximum absolute atomic E-state index is 10.8. The second kappa shape index (κ2) is 5.98. The van der Waals surface area contributed by atoms with E-state index < -0.39 is 13.9 Å². The van der Waals surface area contributed by atoms with Crippen molar-refractivity contribution < 1.29 is 23.3 Å². The van der Waals surface area contributed by atoms with E-state index in [9.17, 15) is 9.36 Å². The molecule has 0 bridgehead atoms. The van der Waals surface area contributed by atoms with Crippen LogP contribution in [0.3, 0.4) is 0 Å². The zero-order valence-corrected chi connectivity index (χ0v) is 10.4. The molecule has 78 valence electrons. The summed E-state index contributed by atoms with van der Waals surface area (Å²) in [6, 6.07) is 0. The van der Waals surface area contributed by atoms with Gasteiger partial charge >= 0.3 is 13.9 Å². The molecule has 0 radical (unpaired) electrons. The minimum Gasteiger partial charge on any atom is -0.354 e. The van der Waals surface area contributed by atoms with Gasteiger partial charge in [0.1, 0.15) is 0 Å². The number of hydrogen-bond acceptors (Lipinski definition) is 4. The number of alkyl halides is 2. The summed E-state index contributed by atoms with van der Waals surface area (Å²) < 4.78 is 19.0. The number of nitrogens with two attached hydrogens (primary N) is 1. The van der Waals surface area contributed by atoms with Crippen molar-refractivity contribution in [3.05, 3.63) is 0 Å². The third-order valence-electron chi connectivity index (χ3n) is 0.791. The number of halogens is 2. The van der Waals surface area contributed by atoms with Crippen molar-refractivity contribution >= 4 is 45.8 Å². The highest BCUT2D eigenvalue weighted by atomic mass is 79.9. The van der Waals surface area contributed by atoms with E-state index in [2.05, 4.69) is 46.6 Å². The summed E-state index contributed by atoms with van der Waals surface area (Å²) >= 11 is 6.22. The average molecular weight is 341 g/mol. The summed E-state index contributed by atoms with van der Waals surface area (Å²) in [7, 11) is -4.34. The van der Waals surface area contributed by atoms with Crippen LogP contribution in [0.5, 0.6) is 0 Å². The van der Waals surface area contributed by atoms with Crippen molar-refractivity contribution in [3.63, 3.8) is 0 Å². The van der Waals surface area contributed by atoms with Crippen molar-refractivity contribution in [3.8, 4) is 0 Å². The maximum Gasteiger partial charge on any atom is 0.530 e. The van der Waals surface area contributed by atoms with E-state index in [1.54, 1.807) is 0 Å². The Hall–Kier alpha value is 0.380. The molecule has 2 atom stereocenters. The molecular formula is C4H8Br2NO5P. The second-order valence-electron chi connectivity index (χ2n) is 1.93. The van der Waals surface area contributed by atoms with E-state index in [0.29, 0.717) is 5.33 Å². The Morgan fingerprint density at radius 3 is 2.62 bits per heavy atom. The third kappa shape index (κ3) is 7.45. The van der Waals surface area contributed by atoms with Crippen molar-refractivity contribution in [2.24, 2.45) is 5.73 Å². The lowest BCUT2D eigenvalue weighted by molar-refractivity contribution is 0.160. The van der Waals surface area contributed by atoms with E-state index >= 15 is 0 Å². The number of hydrogen-bond donors (Lipinski definition) is 2. The van der Waals surface area contributed by atoms with Crippen LogP contribution in [-0.4, -0.2) is 27.8 Å². The summed E-state index contributed by atoms with van der Waals surface area (Å²) in [4.78, 5) is 18.8. The molecule has 0 saturated heterocycles. The van der Waals surface area contributed by atoms with Gasteiger partial charge in [-0.05, 0) is 0 Å². The highest BCUT2D eigenvalue weighted by Gasteiger charge is 2.25. The highest BCUT2D eigenvalue weighted by molar-refractivity contribution is 9.12. The first kappa shape index (κ1) is 13.4. The molecule has 0 aromatic rings. The first-order valence-electron chi connectivity index (χ1n) is 3.04. The molecule has 9 heteroatoms. The minimum absolute atomic E-state index is 0.0771. The predicted molar refractivity (Wildman–Crippen MR) is 53.0 cm³/mol. The molecule has 0 aromatic carbocycles. The smallest absolute Gasteiger partial charge is 0.354 e. The monoisotopic (exact) mass is 339 g/mol. The molecule has 3 N–H and O–H groups in total. The van der Waals surface area contributed by atoms with Gasteiger partial charge in [0.25, 0.3) is 0 Å². The standard InChI is InChI=1S/C4H8Br2NO5P/c5-1-3(6)2-11-13(9,10)12-4(7)8/h3H,1-2H2,(H2,7,8)(H,9,10). The molecule has 0 aromatic heterocycles. The summed E-state index contributed by atoms with van der Waals surface area (Å²) in [5.41, 5.74) is 4.52. The van der Waals surface area contributed by atoms with Crippen LogP contribution >= 0.6 is 39.7 Å². The summed E-state index contributed by atoms with van der Waals surface area (Å²) in [6.45, 7) is -0.0771. The topological polar surface area (TPSA) is 98.9 Å². The van der Waals surface area contributed by atoms with E-state index in [1.165, 1.54) is 0 Å². The normalized spacial score (nSPS) is 17.5. The number of primary amides is 1. The van der Waals surface area contributed by atoms with Crippen LogP contribution in [0.4, 0.5) is 4.79 Å². The molecule has 0 saturated carbocycles.